The van der Waals surface area contributed by atoms with Crippen LogP contribution in [0.15, 0.2) is 113 Å². The monoisotopic (exact) mass is 736 g/mol. The number of rotatable bonds is 5. The topological polar surface area (TPSA) is 104 Å². The number of ether oxygens (including phenoxy) is 1. The molecule has 49 heavy (non-hydrogen) atoms. The highest BCUT2D eigenvalue weighted by atomic mass is 79.9. The number of anilines is 2. The van der Waals surface area contributed by atoms with Crippen molar-refractivity contribution >= 4 is 62.5 Å². The van der Waals surface area contributed by atoms with Gasteiger partial charge in [-0.2, -0.15) is 0 Å². The lowest BCUT2D eigenvalue weighted by Gasteiger charge is -2.51. The maximum absolute atomic E-state index is 15.3. The van der Waals surface area contributed by atoms with E-state index in [0.717, 1.165) is 10.0 Å². The van der Waals surface area contributed by atoms with Crippen LogP contribution in [-0.2, 0) is 24.6 Å². The number of imide groups is 2. The normalized spacial score (nSPS) is 27.5. The molecule has 4 aromatic rings. The van der Waals surface area contributed by atoms with E-state index in [1.54, 1.807) is 60.7 Å². The van der Waals surface area contributed by atoms with Gasteiger partial charge >= 0.3 is 0 Å². The molecule has 0 unspecified atom stereocenters. The summed E-state index contributed by atoms with van der Waals surface area (Å²) in [5.41, 5.74) is 0.960. The zero-order valence-electron chi connectivity index (χ0n) is 26.3. The molecule has 8 nitrogen and oxygen atoms in total. The second-order valence-electron chi connectivity index (χ2n) is 13.0. The van der Waals surface area contributed by atoms with Crippen LogP contribution in [0.3, 0.4) is 0 Å². The second-order valence-corrected chi connectivity index (χ2v) is 14.3. The van der Waals surface area contributed by atoms with Crippen LogP contribution >= 0.6 is 27.5 Å². The van der Waals surface area contributed by atoms with Gasteiger partial charge in [-0.3, -0.25) is 24.1 Å². The Bertz CT molecular complexity index is 2080. The Labute approximate surface area is 296 Å². The SMILES string of the molecule is COc1cccc(O)c1[C@H]1C2=CC[C@@H]3C(=O)N(c4ccc(Br)cc4)C(=O)[C@@H]3[C@@H]2C[C@H]2C(=O)N(c3cccc(Cl)c3)C(=O)[C@@]12c1ccccc1. The van der Waals surface area contributed by atoms with Gasteiger partial charge in [0.1, 0.15) is 11.5 Å². The fourth-order valence-corrected chi connectivity index (χ4v) is 9.35. The summed E-state index contributed by atoms with van der Waals surface area (Å²) in [6, 6.07) is 27.7. The van der Waals surface area contributed by atoms with Crippen LogP contribution in [0.25, 0.3) is 0 Å². The Morgan fingerprint density at radius 1 is 0.816 bits per heavy atom. The standard InChI is InChI=1S/C39H30BrClN2O6/c1-49-31-12-6-11-30(44)33(31)34-26-17-18-27-32(37(47)42(35(27)45)24-15-13-22(40)14-16-24)28(26)20-29-36(46)43(25-10-5-9-23(41)19-25)38(48)39(29,34)21-7-3-2-4-8-21/h2-17,19,27-29,32,34,44H,18,20H2,1H3/t27-,28+,29-,32-,34+,39+/m0/s1. The third-order valence-corrected chi connectivity index (χ3v) is 11.6. The van der Waals surface area contributed by atoms with Crippen molar-refractivity contribution in [3.05, 3.63) is 129 Å². The number of nitrogens with zero attached hydrogens (tertiary/aromatic N) is 2. The fraction of sp³-hybridized carbons (Fsp3) is 0.231. The summed E-state index contributed by atoms with van der Waals surface area (Å²) in [4.78, 5) is 61.1. The number of halogens is 2. The van der Waals surface area contributed by atoms with E-state index in [9.17, 15) is 19.5 Å². The third-order valence-electron chi connectivity index (χ3n) is 10.8. The Balaban J connectivity index is 1.38. The molecule has 4 aliphatic rings. The molecule has 0 bridgehead atoms. The maximum Gasteiger partial charge on any atom is 0.246 e. The molecule has 10 heteroatoms. The number of fused-ring (bicyclic) bond motifs is 4. The van der Waals surface area contributed by atoms with Crippen LogP contribution in [0, 0.1) is 23.7 Å². The summed E-state index contributed by atoms with van der Waals surface area (Å²) < 4.78 is 6.65. The number of allylic oxidation sites excluding steroid dienone is 2. The summed E-state index contributed by atoms with van der Waals surface area (Å²) in [6.07, 6.45) is 2.36. The van der Waals surface area contributed by atoms with Gasteiger partial charge < -0.3 is 9.84 Å². The van der Waals surface area contributed by atoms with Crippen LogP contribution in [-0.4, -0.2) is 35.8 Å². The van der Waals surface area contributed by atoms with Gasteiger partial charge in [0, 0.05) is 21.0 Å². The summed E-state index contributed by atoms with van der Waals surface area (Å²) >= 11 is 9.81. The smallest absolute Gasteiger partial charge is 0.246 e. The van der Waals surface area contributed by atoms with Gasteiger partial charge in [-0.05, 0) is 78.9 Å². The van der Waals surface area contributed by atoms with Crippen molar-refractivity contribution in [1.82, 2.24) is 0 Å². The Morgan fingerprint density at radius 2 is 1.55 bits per heavy atom. The van der Waals surface area contributed by atoms with Gasteiger partial charge in [-0.25, -0.2) is 4.90 Å². The predicted octanol–water partition coefficient (Wildman–Crippen LogP) is 7.18. The van der Waals surface area contributed by atoms with Crippen molar-refractivity contribution < 1.29 is 29.0 Å². The van der Waals surface area contributed by atoms with Crippen molar-refractivity contribution in [2.24, 2.45) is 23.7 Å². The molecule has 0 spiro atoms. The number of phenols is 1. The summed E-state index contributed by atoms with van der Waals surface area (Å²) in [5, 5.41) is 12.0. The first kappa shape index (κ1) is 31.5. The lowest BCUT2D eigenvalue weighted by molar-refractivity contribution is -0.127. The minimum Gasteiger partial charge on any atom is -0.508 e. The molecule has 4 aromatic carbocycles. The number of hydrogen-bond donors (Lipinski definition) is 1. The van der Waals surface area contributed by atoms with Crippen LogP contribution in [0.4, 0.5) is 11.4 Å². The number of hydrogen-bond acceptors (Lipinski definition) is 6. The molecule has 6 atom stereocenters. The largest absolute Gasteiger partial charge is 0.508 e. The molecular weight excluding hydrogens is 708 g/mol. The first-order valence-corrected chi connectivity index (χ1v) is 17.2. The second kappa shape index (κ2) is 11.7. The lowest BCUT2D eigenvalue weighted by Crippen LogP contribution is -2.53. The molecule has 2 aliphatic heterocycles. The molecule has 2 aliphatic carbocycles. The van der Waals surface area contributed by atoms with E-state index in [1.165, 1.54) is 23.0 Å². The number of amides is 4. The van der Waals surface area contributed by atoms with Gasteiger partial charge in [-0.15, -0.1) is 0 Å². The molecule has 8 rings (SSSR count). The molecule has 0 radical (unpaired) electrons. The van der Waals surface area contributed by atoms with E-state index >= 15 is 4.79 Å². The molecule has 3 fully saturated rings. The van der Waals surface area contributed by atoms with E-state index in [4.69, 9.17) is 16.3 Å². The van der Waals surface area contributed by atoms with Crippen LogP contribution < -0.4 is 14.5 Å². The lowest BCUT2D eigenvalue weighted by atomic mass is 9.49. The highest BCUT2D eigenvalue weighted by Gasteiger charge is 2.71. The Kier molecular flexibility index (Phi) is 7.53. The maximum atomic E-state index is 15.3. The average Bonchev–Trinajstić information content (AvgIpc) is 3.50. The van der Waals surface area contributed by atoms with Crippen molar-refractivity contribution in [3.8, 4) is 11.5 Å². The number of carbonyl (C=O) groups excluding carboxylic acids is 4. The summed E-state index contributed by atoms with van der Waals surface area (Å²) in [5.74, 6) is -5.15. The van der Waals surface area contributed by atoms with Crippen molar-refractivity contribution in [1.29, 1.82) is 0 Å². The van der Waals surface area contributed by atoms with Gasteiger partial charge in [-0.1, -0.05) is 81.6 Å². The molecule has 0 aromatic heterocycles. The summed E-state index contributed by atoms with van der Waals surface area (Å²) in [7, 11) is 1.49. The van der Waals surface area contributed by atoms with Gasteiger partial charge in [0.05, 0.1) is 41.7 Å². The quantitative estimate of drug-likeness (QED) is 0.172. The highest BCUT2D eigenvalue weighted by molar-refractivity contribution is 9.10. The van der Waals surface area contributed by atoms with E-state index in [-0.39, 0.29) is 30.4 Å². The molecule has 2 saturated heterocycles. The van der Waals surface area contributed by atoms with Crippen molar-refractivity contribution in [3.63, 3.8) is 0 Å². The van der Waals surface area contributed by atoms with Crippen LogP contribution in [0.5, 0.6) is 11.5 Å². The molecule has 246 valence electrons. The van der Waals surface area contributed by atoms with E-state index < -0.39 is 46.8 Å². The molecule has 1 N–H and O–H groups in total. The summed E-state index contributed by atoms with van der Waals surface area (Å²) in [6.45, 7) is 0. The number of methoxy groups -OCH3 is 1. The van der Waals surface area contributed by atoms with Crippen LogP contribution in [0.1, 0.15) is 29.9 Å². The van der Waals surface area contributed by atoms with Crippen molar-refractivity contribution in [2.45, 2.75) is 24.2 Å². The van der Waals surface area contributed by atoms with Crippen LogP contribution in [0.2, 0.25) is 5.02 Å². The molecular formula is C39H30BrClN2O6. The number of benzene rings is 4. The fourth-order valence-electron chi connectivity index (χ4n) is 8.90. The number of carbonyl (C=O) groups is 4. The zero-order valence-corrected chi connectivity index (χ0v) is 28.6. The molecule has 1 saturated carbocycles. The molecule has 4 amide bonds. The van der Waals surface area contributed by atoms with Crippen molar-refractivity contribution in [2.75, 3.05) is 16.9 Å². The predicted molar refractivity (Wildman–Crippen MR) is 187 cm³/mol. The number of phenolic OH excluding ortho intramolecular Hbond substituents is 1. The Morgan fingerprint density at radius 3 is 2.27 bits per heavy atom. The van der Waals surface area contributed by atoms with Gasteiger partial charge in [0.25, 0.3) is 0 Å². The number of aromatic hydroxyl groups is 1. The average molecular weight is 738 g/mol. The minimum atomic E-state index is -1.53. The van der Waals surface area contributed by atoms with E-state index in [1.807, 2.05) is 36.4 Å². The van der Waals surface area contributed by atoms with Gasteiger partial charge in [0.15, 0.2) is 0 Å². The minimum absolute atomic E-state index is 0.103. The van der Waals surface area contributed by atoms with Gasteiger partial charge in [0.2, 0.25) is 23.6 Å². The first-order valence-electron chi connectivity index (χ1n) is 16.1. The third kappa shape index (κ3) is 4.48. The van der Waals surface area contributed by atoms with E-state index in [0.29, 0.717) is 33.3 Å². The zero-order chi connectivity index (χ0) is 34.2. The highest BCUT2D eigenvalue weighted by Crippen LogP contribution is 2.66. The molecule has 2 heterocycles. The van der Waals surface area contributed by atoms with E-state index in [2.05, 4.69) is 15.9 Å². The first-order chi connectivity index (χ1) is 23.7. The Hall–Kier alpha value is -4.73.